The number of primary amides is 1. The second-order valence-corrected chi connectivity index (χ2v) is 5.54. The molecule has 1 amide bonds. The lowest BCUT2D eigenvalue weighted by Crippen LogP contribution is -2.45. The summed E-state index contributed by atoms with van der Waals surface area (Å²) in [6.07, 6.45) is 1.65. The molecule has 1 fully saturated rings. The molecule has 7 heteroatoms. The van der Waals surface area contributed by atoms with Crippen molar-refractivity contribution < 1.29 is 9.18 Å². The first-order valence-corrected chi connectivity index (χ1v) is 7.06. The lowest BCUT2D eigenvalue weighted by atomic mass is 9.98. The van der Waals surface area contributed by atoms with Crippen molar-refractivity contribution in [3.63, 3.8) is 0 Å². The summed E-state index contributed by atoms with van der Waals surface area (Å²) in [5, 5.41) is 3.51. The summed E-state index contributed by atoms with van der Waals surface area (Å²) in [7, 11) is 0. The molecule has 108 valence electrons. The van der Waals surface area contributed by atoms with Crippen LogP contribution in [-0.2, 0) is 4.79 Å². The first-order chi connectivity index (χ1) is 9.47. The zero-order valence-corrected chi connectivity index (χ0v) is 12.3. The van der Waals surface area contributed by atoms with Crippen molar-refractivity contribution in [2.45, 2.75) is 12.8 Å². The van der Waals surface area contributed by atoms with E-state index in [1.54, 1.807) is 6.07 Å². The SMILES string of the molecule is NC(=O)[C@H]1CCCN(C(=S)Nc2ccc(F)c(Cl)c2)C1. The molecule has 0 unspecified atom stereocenters. The fourth-order valence-corrected chi connectivity index (χ4v) is 2.63. The number of piperidine rings is 1. The average Bonchev–Trinajstić information content (AvgIpc) is 2.43. The Morgan fingerprint density at radius 3 is 2.95 bits per heavy atom. The number of nitrogens with two attached hydrogens (primary N) is 1. The minimum Gasteiger partial charge on any atom is -0.369 e. The Morgan fingerprint density at radius 2 is 2.30 bits per heavy atom. The van der Waals surface area contributed by atoms with Gasteiger partial charge in [0.2, 0.25) is 5.91 Å². The zero-order valence-electron chi connectivity index (χ0n) is 10.7. The van der Waals surface area contributed by atoms with Crippen molar-refractivity contribution in [3.8, 4) is 0 Å². The molecule has 0 saturated carbocycles. The first-order valence-electron chi connectivity index (χ1n) is 6.27. The number of nitrogens with zero attached hydrogens (tertiary/aromatic N) is 1. The number of thiocarbonyl (C=S) groups is 1. The lowest BCUT2D eigenvalue weighted by molar-refractivity contribution is -0.122. The van der Waals surface area contributed by atoms with Crippen LogP contribution in [0.1, 0.15) is 12.8 Å². The molecule has 1 aromatic carbocycles. The van der Waals surface area contributed by atoms with E-state index in [0.717, 1.165) is 19.4 Å². The Balaban J connectivity index is 2.00. The summed E-state index contributed by atoms with van der Waals surface area (Å²) < 4.78 is 13.1. The molecule has 20 heavy (non-hydrogen) atoms. The number of hydrogen-bond acceptors (Lipinski definition) is 2. The molecule has 3 N–H and O–H groups in total. The fourth-order valence-electron chi connectivity index (χ4n) is 2.17. The summed E-state index contributed by atoms with van der Waals surface area (Å²) in [5.74, 6) is -0.961. The van der Waals surface area contributed by atoms with Crippen LogP contribution in [-0.4, -0.2) is 29.0 Å². The summed E-state index contributed by atoms with van der Waals surface area (Å²) in [5.41, 5.74) is 5.94. The van der Waals surface area contributed by atoms with Gasteiger partial charge in [0, 0.05) is 18.8 Å². The van der Waals surface area contributed by atoms with Gasteiger partial charge in [-0.05, 0) is 43.3 Å². The van der Waals surface area contributed by atoms with Gasteiger partial charge < -0.3 is 16.0 Å². The highest BCUT2D eigenvalue weighted by atomic mass is 35.5. The number of nitrogens with one attached hydrogen (secondary N) is 1. The van der Waals surface area contributed by atoms with Gasteiger partial charge in [0.25, 0.3) is 0 Å². The molecule has 0 radical (unpaired) electrons. The van der Waals surface area contributed by atoms with Crippen LogP contribution in [0.3, 0.4) is 0 Å². The fraction of sp³-hybridized carbons (Fsp3) is 0.385. The summed E-state index contributed by atoms with van der Waals surface area (Å²) in [6.45, 7) is 1.28. The summed E-state index contributed by atoms with van der Waals surface area (Å²) >= 11 is 11.0. The van der Waals surface area contributed by atoms with E-state index in [1.807, 2.05) is 4.90 Å². The van der Waals surface area contributed by atoms with Gasteiger partial charge in [0.15, 0.2) is 5.11 Å². The predicted octanol–water partition coefficient (Wildman–Crippen LogP) is 2.37. The molecule has 0 aliphatic carbocycles. The van der Waals surface area contributed by atoms with E-state index < -0.39 is 5.82 Å². The second-order valence-electron chi connectivity index (χ2n) is 4.75. The third kappa shape index (κ3) is 3.58. The standard InChI is InChI=1S/C13H15ClFN3OS/c14-10-6-9(3-4-11(10)15)17-13(20)18-5-1-2-8(7-18)12(16)19/h3-4,6,8H,1-2,5,7H2,(H2,16,19)(H,17,20)/t8-/m0/s1. The maximum absolute atomic E-state index is 13.1. The van der Waals surface area contributed by atoms with Crippen LogP contribution in [0.4, 0.5) is 10.1 Å². The minimum atomic E-state index is -0.477. The molecule has 1 aliphatic rings. The molecule has 0 aromatic heterocycles. The number of rotatable bonds is 2. The Bertz CT molecular complexity index is 540. The molecular formula is C13H15ClFN3OS. The monoisotopic (exact) mass is 315 g/mol. The molecule has 2 rings (SSSR count). The zero-order chi connectivity index (χ0) is 14.7. The Labute approximate surface area is 127 Å². The molecule has 1 aromatic rings. The van der Waals surface area contributed by atoms with Gasteiger partial charge in [-0.2, -0.15) is 0 Å². The van der Waals surface area contributed by atoms with Crippen LogP contribution in [0.5, 0.6) is 0 Å². The van der Waals surface area contributed by atoms with E-state index in [9.17, 15) is 9.18 Å². The number of benzene rings is 1. The number of carbonyl (C=O) groups is 1. The smallest absolute Gasteiger partial charge is 0.222 e. The van der Waals surface area contributed by atoms with E-state index in [2.05, 4.69) is 5.32 Å². The topological polar surface area (TPSA) is 58.4 Å². The van der Waals surface area contributed by atoms with Crippen molar-refractivity contribution in [2.75, 3.05) is 18.4 Å². The lowest BCUT2D eigenvalue weighted by Gasteiger charge is -2.33. The number of hydrogen-bond donors (Lipinski definition) is 2. The van der Waals surface area contributed by atoms with Crippen LogP contribution in [0.15, 0.2) is 18.2 Å². The summed E-state index contributed by atoms with van der Waals surface area (Å²) in [6, 6.07) is 4.30. The molecule has 0 spiro atoms. The number of halogens is 2. The molecule has 0 bridgehead atoms. The van der Waals surface area contributed by atoms with Gasteiger partial charge in [-0.15, -0.1) is 0 Å². The highest BCUT2D eigenvalue weighted by Crippen LogP contribution is 2.21. The molecule has 1 heterocycles. The molecule has 4 nitrogen and oxygen atoms in total. The largest absolute Gasteiger partial charge is 0.369 e. The Morgan fingerprint density at radius 1 is 1.55 bits per heavy atom. The van der Waals surface area contributed by atoms with Gasteiger partial charge in [-0.1, -0.05) is 11.6 Å². The third-order valence-corrected chi connectivity index (χ3v) is 3.93. The van der Waals surface area contributed by atoms with Gasteiger partial charge in [0.05, 0.1) is 10.9 Å². The van der Waals surface area contributed by atoms with E-state index in [1.165, 1.54) is 12.1 Å². The quantitative estimate of drug-likeness (QED) is 0.823. The normalized spacial score (nSPS) is 18.7. The molecule has 1 atom stereocenters. The van der Waals surface area contributed by atoms with E-state index in [0.29, 0.717) is 17.3 Å². The van der Waals surface area contributed by atoms with E-state index in [4.69, 9.17) is 29.6 Å². The number of likely N-dealkylation sites (tertiary alicyclic amines) is 1. The summed E-state index contributed by atoms with van der Waals surface area (Å²) in [4.78, 5) is 13.1. The van der Waals surface area contributed by atoms with Crippen LogP contribution >= 0.6 is 23.8 Å². The average molecular weight is 316 g/mol. The van der Waals surface area contributed by atoms with Crippen LogP contribution in [0, 0.1) is 11.7 Å². The van der Waals surface area contributed by atoms with Gasteiger partial charge in [0.1, 0.15) is 5.82 Å². The van der Waals surface area contributed by atoms with Gasteiger partial charge in [-0.25, -0.2) is 4.39 Å². The highest BCUT2D eigenvalue weighted by Gasteiger charge is 2.25. The Kier molecular flexibility index (Phi) is 4.77. The van der Waals surface area contributed by atoms with Crippen LogP contribution in [0.25, 0.3) is 0 Å². The Hall–Kier alpha value is -1.40. The van der Waals surface area contributed by atoms with E-state index >= 15 is 0 Å². The first kappa shape index (κ1) is 15.0. The van der Waals surface area contributed by atoms with Crippen molar-refractivity contribution in [1.29, 1.82) is 0 Å². The second kappa shape index (κ2) is 6.37. The van der Waals surface area contributed by atoms with Gasteiger partial charge >= 0.3 is 0 Å². The number of anilines is 1. The molecule has 1 aliphatic heterocycles. The van der Waals surface area contributed by atoms with Crippen LogP contribution in [0.2, 0.25) is 5.02 Å². The van der Waals surface area contributed by atoms with Crippen molar-refractivity contribution in [1.82, 2.24) is 4.90 Å². The molecular weight excluding hydrogens is 301 g/mol. The van der Waals surface area contributed by atoms with Gasteiger partial charge in [-0.3, -0.25) is 4.79 Å². The van der Waals surface area contributed by atoms with Crippen LogP contribution < -0.4 is 11.1 Å². The predicted molar refractivity (Wildman–Crippen MR) is 81.1 cm³/mol. The van der Waals surface area contributed by atoms with Crippen molar-refractivity contribution in [2.24, 2.45) is 11.7 Å². The molecule has 1 saturated heterocycles. The van der Waals surface area contributed by atoms with E-state index in [-0.39, 0.29) is 16.8 Å². The van der Waals surface area contributed by atoms with Crippen molar-refractivity contribution in [3.05, 3.63) is 29.0 Å². The highest BCUT2D eigenvalue weighted by molar-refractivity contribution is 7.80. The third-order valence-electron chi connectivity index (χ3n) is 3.28. The number of amides is 1. The number of carbonyl (C=O) groups excluding carboxylic acids is 1. The maximum Gasteiger partial charge on any atom is 0.222 e. The van der Waals surface area contributed by atoms with Crippen molar-refractivity contribution >= 4 is 40.5 Å². The minimum absolute atomic E-state index is 0.0338. The maximum atomic E-state index is 13.1.